The third kappa shape index (κ3) is 5.58. The monoisotopic (exact) mass is 370 g/mol. The average molecular weight is 371 g/mol. The molecule has 3 nitrogen and oxygen atoms in total. The van der Waals surface area contributed by atoms with E-state index in [0.717, 1.165) is 25.4 Å². The number of furan rings is 1. The van der Waals surface area contributed by atoms with Gasteiger partial charge < -0.3 is 9.73 Å². The third-order valence-electron chi connectivity index (χ3n) is 3.13. The van der Waals surface area contributed by atoms with Crippen molar-refractivity contribution in [2.45, 2.75) is 45.9 Å². The van der Waals surface area contributed by atoms with E-state index >= 15 is 0 Å². The lowest BCUT2D eigenvalue weighted by Gasteiger charge is -2.21. The van der Waals surface area contributed by atoms with E-state index in [0.29, 0.717) is 0 Å². The molecule has 0 saturated heterocycles. The molecular formula is C16H23BrN2OS. The van der Waals surface area contributed by atoms with E-state index in [1.54, 1.807) is 17.6 Å². The SMILES string of the molecule is CN(Cc1csc(Br)c1)Cc1ccoc1CNC(C)(C)C. The summed E-state index contributed by atoms with van der Waals surface area (Å²) in [5, 5.41) is 5.67. The van der Waals surface area contributed by atoms with Crippen molar-refractivity contribution in [3.8, 4) is 0 Å². The van der Waals surface area contributed by atoms with Crippen molar-refractivity contribution in [3.05, 3.63) is 44.4 Å². The molecule has 0 saturated carbocycles. The van der Waals surface area contributed by atoms with Gasteiger partial charge in [0.1, 0.15) is 5.76 Å². The number of hydrogen-bond donors (Lipinski definition) is 1. The minimum atomic E-state index is 0.0961. The summed E-state index contributed by atoms with van der Waals surface area (Å²) in [6.45, 7) is 9.09. The average Bonchev–Trinajstić information content (AvgIpc) is 2.95. The standard InChI is InChI=1S/C16H23BrN2OS/c1-16(2,3)18-8-14-13(5-6-20-14)10-19(4)9-12-7-15(17)21-11-12/h5-7,11,18H,8-10H2,1-4H3. The zero-order valence-corrected chi connectivity index (χ0v) is 15.5. The van der Waals surface area contributed by atoms with Crippen LogP contribution < -0.4 is 5.32 Å². The van der Waals surface area contributed by atoms with Gasteiger partial charge in [0, 0.05) is 24.2 Å². The molecule has 116 valence electrons. The van der Waals surface area contributed by atoms with Crippen molar-refractivity contribution >= 4 is 27.3 Å². The lowest BCUT2D eigenvalue weighted by molar-refractivity contribution is 0.312. The molecule has 2 aromatic rings. The van der Waals surface area contributed by atoms with Gasteiger partial charge in [-0.05, 0) is 66.8 Å². The Balaban J connectivity index is 1.92. The van der Waals surface area contributed by atoms with Gasteiger partial charge in [-0.3, -0.25) is 4.90 Å². The predicted octanol–water partition coefficient (Wildman–Crippen LogP) is 4.62. The molecule has 0 aromatic carbocycles. The molecule has 0 amide bonds. The summed E-state index contributed by atoms with van der Waals surface area (Å²) in [5.74, 6) is 1.03. The summed E-state index contributed by atoms with van der Waals surface area (Å²) in [6.07, 6.45) is 1.78. The first-order valence-electron chi connectivity index (χ1n) is 7.05. The van der Waals surface area contributed by atoms with Gasteiger partial charge in [-0.25, -0.2) is 0 Å². The highest BCUT2D eigenvalue weighted by Gasteiger charge is 2.14. The van der Waals surface area contributed by atoms with Crippen LogP contribution in [0.5, 0.6) is 0 Å². The molecule has 5 heteroatoms. The van der Waals surface area contributed by atoms with Gasteiger partial charge in [0.25, 0.3) is 0 Å². The topological polar surface area (TPSA) is 28.4 Å². The zero-order valence-electron chi connectivity index (χ0n) is 13.1. The summed E-state index contributed by atoms with van der Waals surface area (Å²) in [5.41, 5.74) is 2.69. The van der Waals surface area contributed by atoms with Crippen LogP contribution in [0.15, 0.2) is 32.0 Å². The Morgan fingerprint density at radius 2 is 2.10 bits per heavy atom. The fraction of sp³-hybridized carbons (Fsp3) is 0.500. The van der Waals surface area contributed by atoms with Crippen LogP contribution >= 0.6 is 27.3 Å². The highest BCUT2D eigenvalue weighted by atomic mass is 79.9. The molecule has 0 radical (unpaired) electrons. The molecule has 0 aliphatic carbocycles. The highest BCUT2D eigenvalue weighted by Crippen LogP contribution is 2.22. The van der Waals surface area contributed by atoms with Crippen LogP contribution in [0.2, 0.25) is 0 Å². The molecule has 0 atom stereocenters. The Bertz CT molecular complexity index is 571. The first-order chi connectivity index (χ1) is 9.83. The quantitative estimate of drug-likeness (QED) is 0.803. The fourth-order valence-corrected chi connectivity index (χ4v) is 3.30. The number of nitrogens with one attached hydrogen (secondary N) is 1. The molecule has 21 heavy (non-hydrogen) atoms. The summed E-state index contributed by atoms with van der Waals surface area (Å²) in [7, 11) is 2.14. The second-order valence-corrected chi connectivity index (χ2v) is 8.69. The van der Waals surface area contributed by atoms with Crippen LogP contribution in [0, 0.1) is 0 Å². The first-order valence-corrected chi connectivity index (χ1v) is 8.72. The third-order valence-corrected chi connectivity index (χ3v) is 4.68. The number of hydrogen-bond acceptors (Lipinski definition) is 4. The summed E-state index contributed by atoms with van der Waals surface area (Å²) < 4.78 is 6.81. The van der Waals surface area contributed by atoms with Crippen molar-refractivity contribution in [2.75, 3.05) is 7.05 Å². The second-order valence-electron chi connectivity index (χ2n) is 6.40. The molecule has 2 heterocycles. The van der Waals surface area contributed by atoms with Crippen LogP contribution in [0.25, 0.3) is 0 Å². The van der Waals surface area contributed by atoms with Gasteiger partial charge in [-0.1, -0.05) is 0 Å². The van der Waals surface area contributed by atoms with Gasteiger partial charge in [0.2, 0.25) is 0 Å². The molecular weight excluding hydrogens is 348 g/mol. The van der Waals surface area contributed by atoms with Gasteiger partial charge in [0.15, 0.2) is 0 Å². The Hall–Kier alpha value is -0.620. The molecule has 2 rings (SSSR count). The van der Waals surface area contributed by atoms with E-state index < -0.39 is 0 Å². The van der Waals surface area contributed by atoms with Crippen LogP contribution in [0.3, 0.4) is 0 Å². The van der Waals surface area contributed by atoms with E-state index in [1.165, 1.54) is 14.9 Å². The molecule has 1 N–H and O–H groups in total. The Labute approximate surface area is 139 Å². The maximum absolute atomic E-state index is 5.62. The Kier molecular flexibility index (Phi) is 5.66. The summed E-state index contributed by atoms with van der Waals surface area (Å²) >= 11 is 5.24. The maximum atomic E-state index is 5.62. The maximum Gasteiger partial charge on any atom is 0.122 e. The van der Waals surface area contributed by atoms with E-state index in [2.05, 4.69) is 71.5 Å². The highest BCUT2D eigenvalue weighted by molar-refractivity contribution is 9.11. The molecule has 0 aliphatic rings. The van der Waals surface area contributed by atoms with E-state index in [4.69, 9.17) is 4.42 Å². The molecule has 2 aromatic heterocycles. The predicted molar refractivity (Wildman–Crippen MR) is 92.5 cm³/mol. The van der Waals surface area contributed by atoms with Crippen LogP contribution in [0.4, 0.5) is 0 Å². The number of thiophene rings is 1. The van der Waals surface area contributed by atoms with E-state index in [1.807, 2.05) is 0 Å². The minimum Gasteiger partial charge on any atom is -0.468 e. The summed E-state index contributed by atoms with van der Waals surface area (Å²) in [6, 6.07) is 4.25. The largest absolute Gasteiger partial charge is 0.468 e. The Morgan fingerprint density at radius 1 is 1.33 bits per heavy atom. The van der Waals surface area contributed by atoms with Crippen LogP contribution in [-0.2, 0) is 19.6 Å². The van der Waals surface area contributed by atoms with E-state index in [-0.39, 0.29) is 5.54 Å². The van der Waals surface area contributed by atoms with Crippen molar-refractivity contribution in [3.63, 3.8) is 0 Å². The van der Waals surface area contributed by atoms with Crippen LogP contribution in [0.1, 0.15) is 37.7 Å². The lowest BCUT2D eigenvalue weighted by Crippen LogP contribution is -2.35. The van der Waals surface area contributed by atoms with Gasteiger partial charge in [-0.15, -0.1) is 11.3 Å². The van der Waals surface area contributed by atoms with Crippen molar-refractivity contribution in [1.82, 2.24) is 10.2 Å². The van der Waals surface area contributed by atoms with Crippen LogP contribution in [-0.4, -0.2) is 17.5 Å². The zero-order chi connectivity index (χ0) is 15.5. The van der Waals surface area contributed by atoms with Crippen molar-refractivity contribution in [1.29, 1.82) is 0 Å². The molecule has 0 spiro atoms. The van der Waals surface area contributed by atoms with Gasteiger partial charge >= 0.3 is 0 Å². The number of nitrogens with zero attached hydrogens (tertiary/aromatic N) is 1. The number of halogens is 1. The second kappa shape index (κ2) is 7.09. The summed E-state index contributed by atoms with van der Waals surface area (Å²) in [4.78, 5) is 2.31. The fourth-order valence-electron chi connectivity index (χ4n) is 2.10. The first kappa shape index (κ1) is 16.7. The van der Waals surface area contributed by atoms with Gasteiger partial charge in [0.05, 0.1) is 16.6 Å². The van der Waals surface area contributed by atoms with Crippen molar-refractivity contribution < 1.29 is 4.42 Å². The Morgan fingerprint density at radius 3 is 2.71 bits per heavy atom. The normalized spacial score (nSPS) is 12.3. The minimum absolute atomic E-state index is 0.0961. The van der Waals surface area contributed by atoms with Crippen molar-refractivity contribution in [2.24, 2.45) is 0 Å². The molecule has 0 unspecified atom stereocenters. The van der Waals surface area contributed by atoms with E-state index in [9.17, 15) is 0 Å². The molecule has 0 bridgehead atoms. The number of rotatable bonds is 6. The molecule has 0 fully saturated rings. The smallest absolute Gasteiger partial charge is 0.122 e. The molecule has 0 aliphatic heterocycles. The lowest BCUT2D eigenvalue weighted by atomic mass is 10.1. The van der Waals surface area contributed by atoms with Gasteiger partial charge in [-0.2, -0.15) is 0 Å².